The largest absolute Gasteiger partial charge is 0.398 e. The van der Waals surface area contributed by atoms with Crippen LogP contribution in [0.15, 0.2) is 18.2 Å². The molecular weight excluding hydrogens is 168 g/mol. The molecule has 6 N–H and O–H groups in total. The maximum atomic E-state index is 9.55. The van der Waals surface area contributed by atoms with E-state index >= 15 is 0 Å². The molecule has 1 aromatic rings. The van der Waals surface area contributed by atoms with E-state index < -0.39 is 12.2 Å². The summed E-state index contributed by atoms with van der Waals surface area (Å²) in [4.78, 5) is 0. The number of aliphatic hydroxyl groups is 2. The van der Waals surface area contributed by atoms with Crippen molar-refractivity contribution in [2.24, 2.45) is 0 Å². The fourth-order valence-corrected chi connectivity index (χ4v) is 1.18. The third-order valence-corrected chi connectivity index (χ3v) is 1.93. The van der Waals surface area contributed by atoms with Crippen LogP contribution in [-0.4, -0.2) is 16.3 Å². The highest BCUT2D eigenvalue weighted by Crippen LogP contribution is 2.28. The van der Waals surface area contributed by atoms with Gasteiger partial charge in [-0.15, -0.1) is 0 Å². The van der Waals surface area contributed by atoms with Gasteiger partial charge in [-0.1, -0.05) is 6.07 Å². The van der Waals surface area contributed by atoms with E-state index in [2.05, 4.69) is 0 Å². The molecule has 0 spiro atoms. The number of nitrogen functional groups attached to an aromatic ring is 2. The van der Waals surface area contributed by atoms with Crippen LogP contribution < -0.4 is 11.5 Å². The van der Waals surface area contributed by atoms with Crippen LogP contribution in [0.3, 0.4) is 0 Å². The van der Waals surface area contributed by atoms with Crippen molar-refractivity contribution in [1.82, 2.24) is 0 Å². The summed E-state index contributed by atoms with van der Waals surface area (Å²) in [5.41, 5.74) is 12.4. The first-order chi connectivity index (χ1) is 6.04. The van der Waals surface area contributed by atoms with Gasteiger partial charge in [-0.2, -0.15) is 0 Å². The maximum absolute atomic E-state index is 9.55. The summed E-state index contributed by atoms with van der Waals surface area (Å²) in [6.07, 6.45) is -1.91. The summed E-state index contributed by atoms with van der Waals surface area (Å²) in [7, 11) is 0. The Morgan fingerprint density at radius 2 is 1.62 bits per heavy atom. The van der Waals surface area contributed by atoms with Crippen LogP contribution in [0, 0.1) is 0 Å². The molecule has 0 heterocycles. The van der Waals surface area contributed by atoms with Crippen LogP contribution in [0.25, 0.3) is 0 Å². The minimum atomic E-state index is -1.03. The van der Waals surface area contributed by atoms with Crippen LogP contribution in [0.4, 0.5) is 11.4 Å². The molecule has 1 rings (SSSR count). The number of aliphatic hydroxyl groups excluding tert-OH is 2. The monoisotopic (exact) mass is 182 g/mol. The van der Waals surface area contributed by atoms with Gasteiger partial charge in [-0.3, -0.25) is 0 Å². The van der Waals surface area contributed by atoms with Crippen LogP contribution in [0.5, 0.6) is 0 Å². The summed E-state index contributed by atoms with van der Waals surface area (Å²) in [6, 6.07) is 4.97. The quantitative estimate of drug-likeness (QED) is 0.494. The van der Waals surface area contributed by atoms with Crippen molar-refractivity contribution in [2.75, 3.05) is 11.5 Å². The SMILES string of the molecule is C[C@@H](O)[C@H](O)c1c(N)cccc1N. The van der Waals surface area contributed by atoms with Gasteiger partial charge in [0.15, 0.2) is 0 Å². The van der Waals surface area contributed by atoms with E-state index in [1.54, 1.807) is 18.2 Å². The minimum Gasteiger partial charge on any atom is -0.398 e. The standard InChI is InChI=1S/C9H14N2O2/c1-5(12)9(13)8-6(10)3-2-4-7(8)11/h2-5,9,12-13H,10-11H2,1H3/t5-,9+/m1/s1. The third kappa shape index (κ3) is 1.91. The van der Waals surface area contributed by atoms with E-state index in [0.29, 0.717) is 16.9 Å². The van der Waals surface area contributed by atoms with Crippen LogP contribution in [-0.2, 0) is 0 Å². The smallest absolute Gasteiger partial charge is 0.109 e. The molecule has 4 heteroatoms. The van der Waals surface area contributed by atoms with Gasteiger partial charge < -0.3 is 21.7 Å². The van der Waals surface area contributed by atoms with Gasteiger partial charge in [0.25, 0.3) is 0 Å². The Balaban J connectivity index is 3.12. The van der Waals surface area contributed by atoms with Gasteiger partial charge >= 0.3 is 0 Å². The van der Waals surface area contributed by atoms with Gasteiger partial charge in [0.1, 0.15) is 6.10 Å². The molecule has 13 heavy (non-hydrogen) atoms. The molecule has 0 saturated heterocycles. The lowest BCUT2D eigenvalue weighted by Gasteiger charge is -2.17. The fraction of sp³-hybridized carbons (Fsp3) is 0.333. The molecular formula is C9H14N2O2. The van der Waals surface area contributed by atoms with Gasteiger partial charge in [-0.05, 0) is 19.1 Å². The van der Waals surface area contributed by atoms with Gasteiger partial charge in [-0.25, -0.2) is 0 Å². The molecule has 4 nitrogen and oxygen atoms in total. The second-order valence-corrected chi connectivity index (χ2v) is 3.04. The first kappa shape index (κ1) is 9.83. The maximum Gasteiger partial charge on any atom is 0.109 e. The summed E-state index contributed by atoms with van der Waals surface area (Å²) in [5.74, 6) is 0. The van der Waals surface area contributed by atoms with E-state index in [9.17, 15) is 5.11 Å². The molecule has 72 valence electrons. The third-order valence-electron chi connectivity index (χ3n) is 1.93. The highest BCUT2D eigenvalue weighted by molar-refractivity contribution is 5.62. The molecule has 0 aliphatic carbocycles. The Hall–Kier alpha value is -1.26. The van der Waals surface area contributed by atoms with E-state index in [-0.39, 0.29) is 0 Å². The molecule has 2 atom stereocenters. The van der Waals surface area contributed by atoms with Crippen molar-refractivity contribution in [2.45, 2.75) is 19.1 Å². The fourth-order valence-electron chi connectivity index (χ4n) is 1.18. The van der Waals surface area contributed by atoms with Crippen molar-refractivity contribution in [3.05, 3.63) is 23.8 Å². The molecule has 0 amide bonds. The molecule has 0 radical (unpaired) electrons. The molecule has 0 bridgehead atoms. The average Bonchev–Trinajstić information content (AvgIpc) is 2.03. The second-order valence-electron chi connectivity index (χ2n) is 3.04. The predicted molar refractivity (Wildman–Crippen MR) is 51.9 cm³/mol. The Bertz CT molecular complexity index is 279. The van der Waals surface area contributed by atoms with Crippen molar-refractivity contribution >= 4 is 11.4 Å². The Morgan fingerprint density at radius 3 is 2.00 bits per heavy atom. The van der Waals surface area contributed by atoms with E-state index in [1.807, 2.05) is 0 Å². The zero-order valence-electron chi connectivity index (χ0n) is 7.44. The molecule has 0 aliphatic rings. The predicted octanol–water partition coefficient (Wildman–Crippen LogP) is 0.265. The lowest BCUT2D eigenvalue weighted by molar-refractivity contribution is 0.0314. The second kappa shape index (κ2) is 3.64. The number of anilines is 2. The number of rotatable bonds is 2. The first-order valence-electron chi connectivity index (χ1n) is 4.04. The highest BCUT2D eigenvalue weighted by Gasteiger charge is 2.18. The molecule has 0 aromatic heterocycles. The van der Waals surface area contributed by atoms with Crippen molar-refractivity contribution in [3.63, 3.8) is 0 Å². The topological polar surface area (TPSA) is 92.5 Å². The lowest BCUT2D eigenvalue weighted by Crippen LogP contribution is -2.17. The number of hydrogen-bond donors (Lipinski definition) is 4. The normalized spacial score (nSPS) is 15.3. The molecule has 0 unspecified atom stereocenters. The van der Waals surface area contributed by atoms with Crippen molar-refractivity contribution in [1.29, 1.82) is 0 Å². The zero-order valence-corrected chi connectivity index (χ0v) is 7.44. The van der Waals surface area contributed by atoms with Gasteiger partial charge in [0.2, 0.25) is 0 Å². The first-order valence-corrected chi connectivity index (χ1v) is 4.04. The Kier molecular flexibility index (Phi) is 2.75. The Morgan fingerprint density at radius 1 is 1.15 bits per heavy atom. The van der Waals surface area contributed by atoms with Crippen LogP contribution >= 0.6 is 0 Å². The van der Waals surface area contributed by atoms with Crippen molar-refractivity contribution in [3.8, 4) is 0 Å². The van der Waals surface area contributed by atoms with Gasteiger partial charge in [0.05, 0.1) is 6.10 Å². The van der Waals surface area contributed by atoms with E-state index in [0.717, 1.165) is 0 Å². The molecule has 0 aliphatic heterocycles. The zero-order chi connectivity index (χ0) is 10.0. The lowest BCUT2D eigenvalue weighted by atomic mass is 10.0. The summed E-state index contributed by atoms with van der Waals surface area (Å²) in [5, 5.41) is 18.7. The summed E-state index contributed by atoms with van der Waals surface area (Å²) >= 11 is 0. The number of hydrogen-bond acceptors (Lipinski definition) is 4. The molecule has 0 fully saturated rings. The summed E-state index contributed by atoms with van der Waals surface area (Å²) in [6.45, 7) is 1.48. The number of benzene rings is 1. The number of nitrogens with two attached hydrogens (primary N) is 2. The average molecular weight is 182 g/mol. The van der Waals surface area contributed by atoms with Gasteiger partial charge in [0, 0.05) is 16.9 Å². The minimum absolute atomic E-state index is 0.397. The van der Waals surface area contributed by atoms with Crippen molar-refractivity contribution < 1.29 is 10.2 Å². The van der Waals surface area contributed by atoms with E-state index in [1.165, 1.54) is 6.92 Å². The van der Waals surface area contributed by atoms with E-state index in [4.69, 9.17) is 16.6 Å². The van der Waals surface area contributed by atoms with Crippen LogP contribution in [0.1, 0.15) is 18.6 Å². The molecule has 1 aromatic carbocycles. The van der Waals surface area contributed by atoms with Crippen LogP contribution in [0.2, 0.25) is 0 Å². The summed E-state index contributed by atoms with van der Waals surface area (Å²) < 4.78 is 0. The Labute approximate surface area is 76.8 Å². The highest BCUT2D eigenvalue weighted by atomic mass is 16.3. The molecule has 0 saturated carbocycles.